The highest BCUT2D eigenvalue weighted by Gasteiger charge is 2.24. The van der Waals surface area contributed by atoms with Gasteiger partial charge in [0.2, 0.25) is 0 Å². The van der Waals surface area contributed by atoms with Crippen molar-refractivity contribution in [1.82, 2.24) is 0 Å². The van der Waals surface area contributed by atoms with Crippen LogP contribution in [0.4, 0.5) is 0 Å². The van der Waals surface area contributed by atoms with Crippen molar-refractivity contribution in [2.24, 2.45) is 5.41 Å². The van der Waals surface area contributed by atoms with Crippen LogP contribution in [0.15, 0.2) is 22.8 Å². The van der Waals surface area contributed by atoms with Crippen LogP contribution in [0.1, 0.15) is 20.8 Å². The van der Waals surface area contributed by atoms with Gasteiger partial charge in [-0.3, -0.25) is 4.79 Å². The topological polar surface area (TPSA) is 39.4 Å². The summed E-state index contributed by atoms with van der Waals surface area (Å²) in [7, 11) is 0. The van der Waals surface area contributed by atoms with Crippen molar-refractivity contribution < 1.29 is 13.9 Å². The molecule has 0 atom stereocenters. The lowest BCUT2D eigenvalue weighted by Gasteiger charge is -2.14. The molecule has 0 N–H and O–H groups in total. The minimum Gasteiger partial charge on any atom is -0.434 e. The smallest absolute Gasteiger partial charge is 0.319 e. The average molecular weight is 168 g/mol. The monoisotopic (exact) mass is 168 g/mol. The largest absolute Gasteiger partial charge is 0.434 e. The first-order valence-corrected chi connectivity index (χ1v) is 3.76. The molecular weight excluding hydrogens is 156 g/mol. The van der Waals surface area contributed by atoms with Crippen molar-refractivity contribution in [3.63, 3.8) is 0 Å². The molecule has 0 amide bonds. The van der Waals surface area contributed by atoms with E-state index in [9.17, 15) is 4.79 Å². The van der Waals surface area contributed by atoms with Crippen molar-refractivity contribution >= 4 is 5.97 Å². The number of ether oxygens (including phenoxy) is 1. The summed E-state index contributed by atoms with van der Waals surface area (Å²) in [5.74, 6) is -0.0487. The number of esters is 1. The molecule has 3 heteroatoms. The van der Waals surface area contributed by atoms with E-state index >= 15 is 0 Å². The molecule has 3 nitrogen and oxygen atoms in total. The molecule has 0 aromatic carbocycles. The Bertz CT molecular complexity index is 254. The molecule has 66 valence electrons. The normalized spacial score (nSPS) is 11.2. The summed E-state index contributed by atoms with van der Waals surface area (Å²) in [6.45, 7) is 5.37. The summed E-state index contributed by atoms with van der Waals surface area (Å²) in [6, 6.07) is 3.27. The second kappa shape index (κ2) is 3.01. The molecule has 0 aliphatic rings. The first kappa shape index (κ1) is 8.84. The first-order chi connectivity index (χ1) is 5.50. The third-order valence-corrected chi connectivity index (χ3v) is 1.30. The maximum atomic E-state index is 11.2. The first-order valence-electron chi connectivity index (χ1n) is 3.76. The van der Waals surface area contributed by atoms with Crippen molar-refractivity contribution in [2.75, 3.05) is 0 Å². The standard InChI is InChI=1S/C9H12O3/c1-9(2,3)8(10)12-7-5-4-6-11-7/h4-6H,1-3H3. The fourth-order valence-corrected chi connectivity index (χ4v) is 0.566. The Labute approximate surface area is 71.3 Å². The van der Waals surface area contributed by atoms with Gasteiger partial charge >= 0.3 is 5.97 Å². The predicted molar refractivity (Wildman–Crippen MR) is 43.8 cm³/mol. The van der Waals surface area contributed by atoms with E-state index in [-0.39, 0.29) is 11.9 Å². The Morgan fingerprint density at radius 1 is 1.50 bits per heavy atom. The molecule has 0 unspecified atom stereocenters. The fourth-order valence-electron chi connectivity index (χ4n) is 0.566. The average Bonchev–Trinajstić information content (AvgIpc) is 2.37. The second-order valence-electron chi connectivity index (χ2n) is 3.57. The molecule has 0 saturated heterocycles. The number of hydrogen-bond donors (Lipinski definition) is 0. The van der Waals surface area contributed by atoms with Gasteiger partial charge in [-0.25, -0.2) is 0 Å². The van der Waals surface area contributed by atoms with E-state index in [1.54, 1.807) is 32.9 Å². The third kappa shape index (κ3) is 2.12. The van der Waals surface area contributed by atoms with Crippen molar-refractivity contribution in [3.05, 3.63) is 18.4 Å². The van der Waals surface area contributed by atoms with E-state index < -0.39 is 5.41 Å². The molecule has 12 heavy (non-hydrogen) atoms. The Balaban J connectivity index is 2.60. The Morgan fingerprint density at radius 2 is 2.17 bits per heavy atom. The summed E-state index contributed by atoms with van der Waals surface area (Å²) in [5.41, 5.74) is -0.493. The molecule has 0 spiro atoms. The number of hydrogen-bond acceptors (Lipinski definition) is 3. The number of furan rings is 1. The van der Waals surface area contributed by atoms with Gasteiger partial charge in [0.05, 0.1) is 11.7 Å². The molecule has 1 heterocycles. The van der Waals surface area contributed by atoms with Gasteiger partial charge in [0.1, 0.15) is 0 Å². The Kier molecular flexibility index (Phi) is 2.22. The third-order valence-electron chi connectivity index (χ3n) is 1.30. The molecule has 0 radical (unpaired) electrons. The van der Waals surface area contributed by atoms with Gasteiger partial charge in [0.25, 0.3) is 5.95 Å². The summed E-state index contributed by atoms with van der Waals surface area (Å²) in [6.07, 6.45) is 1.46. The molecule has 0 aliphatic carbocycles. The molecular formula is C9H12O3. The van der Waals surface area contributed by atoms with Crippen molar-refractivity contribution in [2.45, 2.75) is 20.8 Å². The van der Waals surface area contributed by atoms with Crippen LogP contribution >= 0.6 is 0 Å². The Morgan fingerprint density at radius 3 is 2.58 bits per heavy atom. The maximum absolute atomic E-state index is 11.2. The Hall–Kier alpha value is -1.25. The SMILES string of the molecule is CC(C)(C)C(=O)Oc1ccco1. The zero-order valence-corrected chi connectivity index (χ0v) is 7.46. The van der Waals surface area contributed by atoms with E-state index in [1.807, 2.05) is 0 Å². The molecule has 0 fully saturated rings. The maximum Gasteiger partial charge on any atom is 0.319 e. The second-order valence-corrected chi connectivity index (χ2v) is 3.57. The number of carbonyl (C=O) groups is 1. The van der Waals surface area contributed by atoms with E-state index in [0.717, 1.165) is 0 Å². The minimum absolute atomic E-state index is 0.245. The summed E-state index contributed by atoms with van der Waals surface area (Å²) >= 11 is 0. The lowest BCUT2D eigenvalue weighted by Crippen LogP contribution is -2.25. The van der Waals surface area contributed by atoms with Gasteiger partial charge in [0.15, 0.2) is 0 Å². The van der Waals surface area contributed by atoms with E-state index in [4.69, 9.17) is 9.15 Å². The van der Waals surface area contributed by atoms with Gasteiger partial charge in [-0.2, -0.15) is 0 Å². The predicted octanol–water partition coefficient (Wildman–Crippen LogP) is 2.23. The van der Waals surface area contributed by atoms with Crippen LogP contribution in [0.25, 0.3) is 0 Å². The highest BCUT2D eigenvalue weighted by atomic mass is 16.6. The lowest BCUT2D eigenvalue weighted by molar-refractivity contribution is -0.144. The van der Waals surface area contributed by atoms with Crippen molar-refractivity contribution in [3.8, 4) is 5.95 Å². The molecule has 0 saturated carbocycles. The summed E-state index contributed by atoms with van der Waals surface area (Å²) < 4.78 is 9.77. The molecule has 0 aliphatic heterocycles. The quantitative estimate of drug-likeness (QED) is 0.603. The zero-order chi connectivity index (χ0) is 9.19. The van der Waals surface area contributed by atoms with Gasteiger partial charge in [-0.05, 0) is 26.8 Å². The zero-order valence-electron chi connectivity index (χ0n) is 7.46. The van der Waals surface area contributed by atoms with Crippen LogP contribution < -0.4 is 4.74 Å². The van der Waals surface area contributed by atoms with Crippen LogP contribution in [0, 0.1) is 5.41 Å². The molecule has 1 aromatic rings. The fraction of sp³-hybridized carbons (Fsp3) is 0.444. The van der Waals surface area contributed by atoms with E-state index in [1.165, 1.54) is 6.26 Å². The minimum atomic E-state index is -0.493. The number of rotatable bonds is 1. The highest BCUT2D eigenvalue weighted by molar-refractivity contribution is 5.77. The molecule has 1 aromatic heterocycles. The lowest BCUT2D eigenvalue weighted by atomic mass is 9.97. The van der Waals surface area contributed by atoms with Gasteiger partial charge in [-0.1, -0.05) is 0 Å². The van der Waals surface area contributed by atoms with Crippen LogP contribution in [-0.4, -0.2) is 5.97 Å². The van der Waals surface area contributed by atoms with Crippen LogP contribution in [0.2, 0.25) is 0 Å². The summed E-state index contributed by atoms with van der Waals surface area (Å²) in [5, 5.41) is 0. The van der Waals surface area contributed by atoms with E-state index in [0.29, 0.717) is 0 Å². The van der Waals surface area contributed by atoms with Crippen molar-refractivity contribution in [1.29, 1.82) is 0 Å². The van der Waals surface area contributed by atoms with Gasteiger partial charge < -0.3 is 9.15 Å². The van der Waals surface area contributed by atoms with Crippen LogP contribution in [0.5, 0.6) is 5.95 Å². The highest BCUT2D eigenvalue weighted by Crippen LogP contribution is 2.19. The van der Waals surface area contributed by atoms with Gasteiger partial charge in [0, 0.05) is 6.07 Å². The molecule has 0 bridgehead atoms. The van der Waals surface area contributed by atoms with Crippen LogP contribution in [0.3, 0.4) is 0 Å². The molecule has 1 rings (SSSR count). The summed E-state index contributed by atoms with van der Waals surface area (Å²) in [4.78, 5) is 11.2. The van der Waals surface area contributed by atoms with Gasteiger partial charge in [-0.15, -0.1) is 0 Å². The number of carbonyl (C=O) groups excluding carboxylic acids is 1. The van der Waals surface area contributed by atoms with E-state index in [2.05, 4.69) is 0 Å². The van der Waals surface area contributed by atoms with Crippen LogP contribution in [-0.2, 0) is 4.79 Å².